The van der Waals surface area contributed by atoms with E-state index in [4.69, 9.17) is 16.3 Å². The van der Waals surface area contributed by atoms with Crippen LogP contribution < -0.4 is 10.1 Å². The molecule has 0 aliphatic rings. The summed E-state index contributed by atoms with van der Waals surface area (Å²) in [5.74, 6) is 0.202. The number of nitrogens with zero attached hydrogens (tertiary/aromatic N) is 3. The second-order valence-electron chi connectivity index (χ2n) is 7.83. The zero-order valence-electron chi connectivity index (χ0n) is 19.0. The van der Waals surface area contributed by atoms with E-state index < -0.39 is 0 Å². The molecule has 0 radical (unpaired) electrons. The van der Waals surface area contributed by atoms with Crippen molar-refractivity contribution in [3.8, 4) is 11.6 Å². The van der Waals surface area contributed by atoms with Crippen molar-refractivity contribution in [2.75, 3.05) is 19.4 Å². The molecule has 4 rings (SSSR count). The van der Waals surface area contributed by atoms with Gasteiger partial charge in [-0.1, -0.05) is 29.8 Å². The molecule has 0 atom stereocenters. The molecule has 0 saturated carbocycles. The number of aromatic nitrogens is 1. The first-order valence-corrected chi connectivity index (χ1v) is 11.8. The zero-order valence-corrected chi connectivity index (χ0v) is 20.6. The Labute approximate surface area is 211 Å². The Morgan fingerprint density at radius 2 is 1.91 bits per heavy atom. The summed E-state index contributed by atoms with van der Waals surface area (Å²) in [4.78, 5) is 19.8. The second kappa shape index (κ2) is 11.2. The first kappa shape index (κ1) is 24.5. The van der Waals surface area contributed by atoms with Crippen molar-refractivity contribution in [1.29, 1.82) is 0 Å². The quantitative estimate of drug-likeness (QED) is 0.165. The molecule has 1 aromatic heterocycles. The number of pyridine rings is 1. The van der Waals surface area contributed by atoms with Gasteiger partial charge in [0.1, 0.15) is 11.6 Å². The van der Waals surface area contributed by atoms with Crippen molar-refractivity contribution in [2.45, 2.75) is 11.3 Å². The SMILES string of the molecule is CN(C)/C=N\Sc1cc(NC(=O)Cc2ccccc2Cl)cc2c(Oc3ccc(F)cc3)nccc12. The van der Waals surface area contributed by atoms with Crippen LogP contribution in [0.3, 0.4) is 0 Å². The molecule has 0 spiro atoms. The Balaban J connectivity index is 1.69. The summed E-state index contributed by atoms with van der Waals surface area (Å²) in [6, 6.07) is 18.4. The van der Waals surface area contributed by atoms with E-state index in [0.29, 0.717) is 27.7 Å². The van der Waals surface area contributed by atoms with E-state index in [1.54, 1.807) is 24.7 Å². The molecule has 3 aromatic carbocycles. The van der Waals surface area contributed by atoms with Gasteiger partial charge in [-0.05, 0) is 54.1 Å². The highest BCUT2D eigenvalue weighted by Gasteiger charge is 2.14. The fraction of sp³-hybridized carbons (Fsp3) is 0.115. The number of anilines is 1. The van der Waals surface area contributed by atoms with E-state index in [-0.39, 0.29) is 18.1 Å². The van der Waals surface area contributed by atoms with Crippen LogP contribution in [-0.2, 0) is 11.2 Å². The van der Waals surface area contributed by atoms with E-state index in [1.165, 1.54) is 36.2 Å². The second-order valence-corrected chi connectivity index (χ2v) is 9.07. The molecule has 0 fully saturated rings. The largest absolute Gasteiger partial charge is 0.438 e. The molecule has 0 bridgehead atoms. The number of carbonyl (C=O) groups is 1. The fourth-order valence-corrected chi connectivity index (χ4v) is 4.27. The Hall–Kier alpha value is -3.62. The lowest BCUT2D eigenvalue weighted by Crippen LogP contribution is -2.14. The number of hydrogen-bond acceptors (Lipinski definition) is 5. The fourth-order valence-electron chi connectivity index (χ4n) is 3.26. The molecule has 178 valence electrons. The number of hydrogen-bond donors (Lipinski definition) is 1. The first-order valence-electron chi connectivity index (χ1n) is 10.7. The van der Waals surface area contributed by atoms with Crippen LogP contribution in [0.5, 0.6) is 11.6 Å². The first-order chi connectivity index (χ1) is 16.9. The summed E-state index contributed by atoms with van der Waals surface area (Å²) in [6.07, 6.45) is 3.46. The minimum absolute atomic E-state index is 0.130. The molecule has 4 aromatic rings. The van der Waals surface area contributed by atoms with Gasteiger partial charge >= 0.3 is 0 Å². The van der Waals surface area contributed by atoms with Gasteiger partial charge in [0, 0.05) is 58.6 Å². The van der Waals surface area contributed by atoms with Crippen molar-refractivity contribution in [2.24, 2.45) is 4.40 Å². The van der Waals surface area contributed by atoms with E-state index in [0.717, 1.165) is 15.8 Å². The van der Waals surface area contributed by atoms with Crippen molar-refractivity contribution < 1.29 is 13.9 Å². The van der Waals surface area contributed by atoms with Crippen molar-refractivity contribution in [3.63, 3.8) is 0 Å². The minimum atomic E-state index is -0.357. The van der Waals surface area contributed by atoms with Crippen LogP contribution in [-0.4, -0.2) is 36.2 Å². The van der Waals surface area contributed by atoms with Gasteiger partial charge in [0.25, 0.3) is 0 Å². The Morgan fingerprint density at radius 1 is 1.14 bits per heavy atom. The standard InChI is InChI=1S/C26H22ClFN4O2S/c1-32(2)16-30-35-24-15-19(31-25(33)13-17-5-3-4-6-23(17)27)14-22-21(24)11-12-29-26(22)34-20-9-7-18(28)8-10-20/h3-12,14-16H,13H2,1-2H3,(H,31,33)/b30-16-. The van der Waals surface area contributed by atoms with Gasteiger partial charge in [0.05, 0.1) is 12.8 Å². The van der Waals surface area contributed by atoms with E-state index in [2.05, 4.69) is 14.7 Å². The van der Waals surface area contributed by atoms with Crippen molar-refractivity contribution >= 4 is 52.3 Å². The molecule has 0 unspecified atom stereocenters. The lowest BCUT2D eigenvalue weighted by molar-refractivity contribution is -0.115. The maximum atomic E-state index is 13.3. The number of rotatable bonds is 8. The smallest absolute Gasteiger partial charge is 0.228 e. The molecule has 1 amide bonds. The lowest BCUT2D eigenvalue weighted by atomic mass is 10.1. The molecule has 9 heteroatoms. The van der Waals surface area contributed by atoms with E-state index >= 15 is 0 Å². The molecule has 0 saturated heterocycles. The molecule has 35 heavy (non-hydrogen) atoms. The number of nitrogens with one attached hydrogen (secondary N) is 1. The summed E-state index contributed by atoms with van der Waals surface area (Å²) >= 11 is 7.48. The molecule has 6 nitrogen and oxygen atoms in total. The van der Waals surface area contributed by atoms with Crippen LogP contribution in [0.25, 0.3) is 10.8 Å². The predicted octanol–water partition coefficient (Wildman–Crippen LogP) is 6.60. The highest BCUT2D eigenvalue weighted by atomic mass is 35.5. The minimum Gasteiger partial charge on any atom is -0.438 e. The zero-order chi connectivity index (χ0) is 24.8. The van der Waals surface area contributed by atoms with E-state index in [1.807, 2.05) is 49.3 Å². The third-order valence-electron chi connectivity index (χ3n) is 4.86. The third kappa shape index (κ3) is 6.49. The van der Waals surface area contributed by atoms with Gasteiger partial charge in [-0.25, -0.2) is 13.8 Å². The predicted molar refractivity (Wildman–Crippen MR) is 140 cm³/mol. The molecule has 0 aliphatic heterocycles. The average Bonchev–Trinajstić information content (AvgIpc) is 2.82. The number of carbonyl (C=O) groups excluding carboxylic acids is 1. The molecular weight excluding hydrogens is 487 g/mol. The number of fused-ring (bicyclic) bond motifs is 1. The van der Waals surface area contributed by atoms with Crippen LogP contribution in [0.15, 0.2) is 82.2 Å². The van der Waals surface area contributed by atoms with Gasteiger partial charge in [0.2, 0.25) is 11.8 Å². The normalized spacial score (nSPS) is 11.1. The van der Waals surface area contributed by atoms with Crippen molar-refractivity contribution in [3.05, 3.63) is 89.3 Å². The number of benzene rings is 3. The van der Waals surface area contributed by atoms with Crippen LogP contribution in [0.2, 0.25) is 5.02 Å². The summed E-state index contributed by atoms with van der Waals surface area (Å²) in [7, 11) is 3.76. The molecule has 0 aliphatic carbocycles. The summed E-state index contributed by atoms with van der Waals surface area (Å²) in [6.45, 7) is 0. The summed E-state index contributed by atoms with van der Waals surface area (Å²) in [5, 5.41) is 5.00. The number of ether oxygens (including phenoxy) is 1. The lowest BCUT2D eigenvalue weighted by Gasteiger charge is -2.13. The van der Waals surface area contributed by atoms with Gasteiger partial charge in [-0.15, -0.1) is 0 Å². The van der Waals surface area contributed by atoms with E-state index in [9.17, 15) is 9.18 Å². The highest BCUT2D eigenvalue weighted by Crippen LogP contribution is 2.37. The Bertz CT molecular complexity index is 1380. The van der Waals surface area contributed by atoms with Gasteiger partial charge in [0.15, 0.2) is 0 Å². The monoisotopic (exact) mass is 508 g/mol. The molecular formula is C26H22ClFN4O2S. The molecule has 1 heterocycles. The van der Waals surface area contributed by atoms with Gasteiger partial charge in [-0.2, -0.15) is 0 Å². The van der Waals surface area contributed by atoms with Gasteiger partial charge in [-0.3, -0.25) is 4.79 Å². The third-order valence-corrected chi connectivity index (χ3v) is 5.96. The van der Waals surface area contributed by atoms with Gasteiger partial charge < -0.3 is 15.0 Å². The van der Waals surface area contributed by atoms with Crippen LogP contribution in [0.4, 0.5) is 10.1 Å². The van der Waals surface area contributed by atoms with Crippen LogP contribution in [0, 0.1) is 5.82 Å². The topological polar surface area (TPSA) is 66.8 Å². The van der Waals surface area contributed by atoms with Crippen molar-refractivity contribution in [1.82, 2.24) is 9.88 Å². The Morgan fingerprint density at radius 3 is 2.66 bits per heavy atom. The van der Waals surface area contributed by atoms with Crippen LogP contribution >= 0.6 is 23.5 Å². The highest BCUT2D eigenvalue weighted by molar-refractivity contribution is 7.98. The Kier molecular flexibility index (Phi) is 7.84. The van der Waals surface area contributed by atoms with Crippen LogP contribution in [0.1, 0.15) is 5.56 Å². The molecule has 1 N–H and O–H groups in total. The summed E-state index contributed by atoms with van der Waals surface area (Å²) < 4.78 is 23.7. The maximum absolute atomic E-state index is 13.3. The number of halogens is 2. The number of amides is 1. The summed E-state index contributed by atoms with van der Waals surface area (Å²) in [5.41, 5.74) is 1.30. The average molecular weight is 509 g/mol. The maximum Gasteiger partial charge on any atom is 0.228 e.